The molecule has 6 heteroatoms. The Morgan fingerprint density at radius 3 is 2.57 bits per heavy atom. The van der Waals surface area contributed by atoms with Gasteiger partial charge in [0.2, 0.25) is 0 Å². The number of hydrogen-bond acceptors (Lipinski definition) is 6. The second-order valence-corrected chi connectivity index (χ2v) is 3.32. The highest BCUT2D eigenvalue weighted by Gasteiger charge is 2.40. The molecule has 4 N–H and O–H groups in total. The molecule has 0 spiro atoms. The molecule has 1 heterocycles. The monoisotopic (exact) mass is 206 g/mol. The van der Waals surface area contributed by atoms with E-state index in [-0.39, 0.29) is 13.0 Å². The van der Waals surface area contributed by atoms with Crippen LogP contribution in [0.15, 0.2) is 0 Å². The van der Waals surface area contributed by atoms with Crippen molar-refractivity contribution in [2.45, 2.75) is 36.9 Å². The van der Waals surface area contributed by atoms with E-state index >= 15 is 0 Å². The van der Waals surface area contributed by atoms with E-state index in [1.165, 1.54) is 0 Å². The molecule has 0 aliphatic carbocycles. The fourth-order valence-corrected chi connectivity index (χ4v) is 1.40. The van der Waals surface area contributed by atoms with E-state index in [0.29, 0.717) is 6.29 Å². The van der Waals surface area contributed by atoms with Crippen molar-refractivity contribution in [3.8, 4) is 0 Å². The maximum absolute atomic E-state index is 10.1. The van der Waals surface area contributed by atoms with Gasteiger partial charge in [0.15, 0.2) is 0 Å². The van der Waals surface area contributed by atoms with Gasteiger partial charge in [-0.05, 0) is 0 Å². The number of hydrogen-bond donors (Lipinski definition) is 4. The molecular formula is C8H14O6. The molecule has 82 valence electrons. The predicted octanol–water partition coefficient (Wildman–Crippen LogP) is -2.58. The fourth-order valence-electron chi connectivity index (χ4n) is 1.40. The summed E-state index contributed by atoms with van der Waals surface area (Å²) in [6.45, 7) is -0.168. The Balaban J connectivity index is 2.58. The molecule has 2 unspecified atom stereocenters. The van der Waals surface area contributed by atoms with Crippen LogP contribution in [0.25, 0.3) is 0 Å². The molecular weight excluding hydrogens is 192 g/mol. The van der Waals surface area contributed by atoms with E-state index in [1.807, 2.05) is 0 Å². The van der Waals surface area contributed by atoms with Crippen LogP contribution >= 0.6 is 0 Å². The molecule has 0 radical (unpaired) electrons. The smallest absolute Gasteiger partial charge is 0.122 e. The predicted molar refractivity (Wildman–Crippen MR) is 44.4 cm³/mol. The third-order valence-electron chi connectivity index (χ3n) is 2.26. The zero-order chi connectivity index (χ0) is 10.7. The van der Waals surface area contributed by atoms with E-state index in [9.17, 15) is 20.1 Å². The molecule has 1 saturated heterocycles. The summed E-state index contributed by atoms with van der Waals surface area (Å²) in [5, 5.41) is 37.1. The third kappa shape index (κ3) is 2.28. The number of carbonyl (C=O) groups excluding carboxylic acids is 1. The van der Waals surface area contributed by atoms with Gasteiger partial charge in [-0.3, -0.25) is 0 Å². The largest absolute Gasteiger partial charge is 0.390 e. The SMILES string of the molecule is O=CC[C@@H](O)C1OCC(O)[C@@H](O)[C@@H]1O. The van der Waals surface area contributed by atoms with Gasteiger partial charge in [-0.1, -0.05) is 0 Å². The quantitative estimate of drug-likeness (QED) is 0.378. The second kappa shape index (κ2) is 4.81. The molecule has 0 saturated carbocycles. The van der Waals surface area contributed by atoms with Gasteiger partial charge in [-0.2, -0.15) is 0 Å². The van der Waals surface area contributed by atoms with Crippen LogP contribution in [0.2, 0.25) is 0 Å². The minimum absolute atomic E-state index is 0.168. The number of aldehydes is 1. The van der Waals surface area contributed by atoms with Crippen molar-refractivity contribution in [3.05, 3.63) is 0 Å². The second-order valence-electron chi connectivity index (χ2n) is 3.32. The number of rotatable bonds is 3. The Morgan fingerprint density at radius 2 is 2.00 bits per heavy atom. The molecule has 5 atom stereocenters. The van der Waals surface area contributed by atoms with Crippen LogP contribution in [0.3, 0.4) is 0 Å². The normalized spacial score (nSPS) is 40.6. The van der Waals surface area contributed by atoms with Crippen molar-refractivity contribution in [1.29, 1.82) is 0 Å². The lowest BCUT2D eigenvalue weighted by atomic mass is 9.95. The van der Waals surface area contributed by atoms with Crippen LogP contribution in [-0.2, 0) is 9.53 Å². The third-order valence-corrected chi connectivity index (χ3v) is 2.26. The van der Waals surface area contributed by atoms with Gasteiger partial charge < -0.3 is 30.0 Å². The average Bonchev–Trinajstić information content (AvgIpc) is 2.15. The molecule has 0 amide bonds. The fraction of sp³-hybridized carbons (Fsp3) is 0.875. The Kier molecular flexibility index (Phi) is 3.97. The van der Waals surface area contributed by atoms with Crippen molar-refractivity contribution >= 4 is 6.29 Å². The van der Waals surface area contributed by atoms with Crippen LogP contribution in [0.5, 0.6) is 0 Å². The number of aliphatic hydroxyl groups excluding tert-OH is 4. The van der Waals surface area contributed by atoms with Crippen molar-refractivity contribution in [1.82, 2.24) is 0 Å². The number of aliphatic hydroxyl groups is 4. The minimum Gasteiger partial charge on any atom is -0.390 e. The Bertz CT molecular complexity index is 196. The summed E-state index contributed by atoms with van der Waals surface area (Å²) in [4.78, 5) is 10.1. The summed E-state index contributed by atoms with van der Waals surface area (Å²) in [5.41, 5.74) is 0. The van der Waals surface area contributed by atoms with Crippen LogP contribution in [-0.4, -0.2) is 63.8 Å². The minimum atomic E-state index is -1.38. The first-order valence-corrected chi connectivity index (χ1v) is 4.35. The van der Waals surface area contributed by atoms with Crippen molar-refractivity contribution in [2.24, 2.45) is 0 Å². The van der Waals surface area contributed by atoms with E-state index in [1.54, 1.807) is 0 Å². The van der Waals surface area contributed by atoms with Gasteiger partial charge in [0.05, 0.1) is 12.7 Å². The summed E-state index contributed by atoms with van der Waals surface area (Å²) >= 11 is 0. The number of carbonyl (C=O) groups is 1. The average molecular weight is 206 g/mol. The van der Waals surface area contributed by atoms with Crippen LogP contribution < -0.4 is 0 Å². The molecule has 1 fully saturated rings. The van der Waals surface area contributed by atoms with Crippen molar-refractivity contribution in [2.75, 3.05) is 6.61 Å². The van der Waals surface area contributed by atoms with Gasteiger partial charge in [-0.25, -0.2) is 0 Å². The van der Waals surface area contributed by atoms with Crippen molar-refractivity contribution in [3.63, 3.8) is 0 Å². The van der Waals surface area contributed by atoms with E-state index < -0.39 is 30.5 Å². The Labute approximate surface area is 80.7 Å². The Hall–Kier alpha value is -0.530. The van der Waals surface area contributed by atoms with Gasteiger partial charge in [0.1, 0.15) is 30.7 Å². The first-order chi connectivity index (χ1) is 6.57. The lowest BCUT2D eigenvalue weighted by Gasteiger charge is -2.37. The molecule has 1 aliphatic heterocycles. The highest BCUT2D eigenvalue weighted by molar-refractivity contribution is 5.50. The molecule has 0 aromatic heterocycles. The summed E-state index contributed by atoms with van der Waals surface area (Å²) in [6.07, 6.45) is -5.76. The summed E-state index contributed by atoms with van der Waals surface area (Å²) < 4.78 is 4.92. The molecule has 0 aromatic carbocycles. The molecule has 14 heavy (non-hydrogen) atoms. The molecule has 1 rings (SSSR count). The van der Waals surface area contributed by atoms with Crippen LogP contribution in [0.1, 0.15) is 6.42 Å². The molecule has 0 bridgehead atoms. The van der Waals surface area contributed by atoms with Gasteiger partial charge in [-0.15, -0.1) is 0 Å². The zero-order valence-corrected chi connectivity index (χ0v) is 7.48. The Morgan fingerprint density at radius 1 is 1.36 bits per heavy atom. The van der Waals surface area contributed by atoms with Crippen molar-refractivity contribution < 1.29 is 30.0 Å². The van der Waals surface area contributed by atoms with Gasteiger partial charge >= 0.3 is 0 Å². The van der Waals surface area contributed by atoms with Gasteiger partial charge in [0, 0.05) is 6.42 Å². The van der Waals surface area contributed by atoms with Gasteiger partial charge in [0.25, 0.3) is 0 Å². The standard InChI is InChI=1S/C8H14O6/c9-2-1-4(10)8-7(13)6(12)5(11)3-14-8/h2,4-8,10-13H,1,3H2/t4-,5?,6-,7+,8?/m1/s1. The maximum atomic E-state index is 10.1. The zero-order valence-electron chi connectivity index (χ0n) is 7.48. The lowest BCUT2D eigenvalue weighted by Crippen LogP contribution is -2.56. The van der Waals surface area contributed by atoms with Crippen LogP contribution in [0, 0.1) is 0 Å². The first-order valence-electron chi connectivity index (χ1n) is 4.35. The summed E-state index contributed by atoms with van der Waals surface area (Å²) in [7, 11) is 0. The van der Waals surface area contributed by atoms with E-state index in [2.05, 4.69) is 0 Å². The van der Waals surface area contributed by atoms with E-state index in [4.69, 9.17) is 9.84 Å². The highest BCUT2D eigenvalue weighted by atomic mass is 16.5. The lowest BCUT2D eigenvalue weighted by molar-refractivity contribution is -0.210. The molecule has 0 aromatic rings. The van der Waals surface area contributed by atoms with Crippen LogP contribution in [0.4, 0.5) is 0 Å². The van der Waals surface area contributed by atoms with E-state index in [0.717, 1.165) is 0 Å². The summed E-state index contributed by atoms with van der Waals surface area (Å²) in [5.74, 6) is 0. The topological polar surface area (TPSA) is 107 Å². The number of ether oxygens (including phenoxy) is 1. The summed E-state index contributed by atoms with van der Waals surface area (Å²) in [6, 6.07) is 0. The molecule has 6 nitrogen and oxygen atoms in total. The highest BCUT2D eigenvalue weighted by Crippen LogP contribution is 2.19. The maximum Gasteiger partial charge on any atom is 0.122 e. The first kappa shape index (κ1) is 11.5. The molecule has 1 aliphatic rings.